The molecule has 7 nitrogen and oxygen atoms in total. The Morgan fingerprint density at radius 3 is 2.64 bits per heavy atom. The molecule has 2 aromatic carbocycles. The van der Waals surface area contributed by atoms with Crippen molar-refractivity contribution >= 4 is 35.0 Å². The van der Waals surface area contributed by atoms with Gasteiger partial charge < -0.3 is 10.6 Å². The second-order valence-corrected chi connectivity index (χ2v) is 7.05. The van der Waals surface area contributed by atoms with Crippen LogP contribution in [0.3, 0.4) is 0 Å². The number of rotatable bonds is 8. The minimum atomic E-state index is -0.872. The Bertz CT molecular complexity index is 891. The third kappa shape index (κ3) is 5.78. The largest absolute Gasteiger partial charge is 0.340 e. The Balaban J connectivity index is 2.14. The van der Waals surface area contributed by atoms with Gasteiger partial charge in [0.2, 0.25) is 5.91 Å². The normalized spacial score (nSPS) is 11.5. The number of thioether (sulfide) groups is 1. The highest BCUT2D eigenvalue weighted by atomic mass is 32.2. The van der Waals surface area contributed by atoms with E-state index in [4.69, 9.17) is 0 Å². The number of nitrogens with one attached hydrogen (secondary N) is 2. The van der Waals surface area contributed by atoms with Crippen LogP contribution in [-0.4, -0.2) is 34.8 Å². The molecular weight excluding hydrogens is 385 g/mol. The van der Waals surface area contributed by atoms with Crippen molar-refractivity contribution in [2.45, 2.75) is 19.4 Å². The number of carbonyl (C=O) groups is 2. The summed E-state index contributed by atoms with van der Waals surface area (Å²) in [4.78, 5) is 35.3. The van der Waals surface area contributed by atoms with E-state index >= 15 is 0 Å². The number of amides is 2. The van der Waals surface area contributed by atoms with Crippen LogP contribution < -0.4 is 10.6 Å². The Morgan fingerprint density at radius 2 is 2.00 bits per heavy atom. The highest BCUT2D eigenvalue weighted by Crippen LogP contribution is 2.16. The predicted octanol–water partition coefficient (Wildman–Crippen LogP) is 3.53. The van der Waals surface area contributed by atoms with Crippen molar-refractivity contribution in [2.24, 2.45) is 0 Å². The molecule has 9 heteroatoms. The van der Waals surface area contributed by atoms with Gasteiger partial charge in [0.05, 0.1) is 4.92 Å². The van der Waals surface area contributed by atoms with Gasteiger partial charge in [-0.05, 0) is 49.1 Å². The fourth-order valence-corrected chi connectivity index (χ4v) is 2.88. The number of non-ortho nitro benzene ring substituents is 1. The molecule has 0 bridgehead atoms. The maximum absolute atomic E-state index is 13.7. The van der Waals surface area contributed by atoms with Gasteiger partial charge in [-0.1, -0.05) is 12.1 Å². The van der Waals surface area contributed by atoms with Gasteiger partial charge in [-0.25, -0.2) is 4.39 Å². The first kappa shape index (κ1) is 21.4. The molecule has 0 aliphatic carbocycles. The minimum Gasteiger partial charge on any atom is -0.340 e. The van der Waals surface area contributed by atoms with Crippen molar-refractivity contribution in [3.63, 3.8) is 0 Å². The fraction of sp³-hybridized carbons (Fsp3) is 0.263. The summed E-state index contributed by atoms with van der Waals surface area (Å²) in [5.74, 6) is -0.925. The van der Waals surface area contributed by atoms with Crippen LogP contribution in [-0.2, 0) is 4.79 Å². The summed E-state index contributed by atoms with van der Waals surface area (Å²) >= 11 is 1.51. The summed E-state index contributed by atoms with van der Waals surface area (Å²) in [5.41, 5.74) is 0.605. The monoisotopic (exact) mass is 405 g/mol. The van der Waals surface area contributed by atoms with Gasteiger partial charge in [0, 0.05) is 23.4 Å². The molecule has 0 saturated carbocycles. The Hall–Kier alpha value is -2.94. The molecule has 0 radical (unpaired) electrons. The van der Waals surface area contributed by atoms with Crippen LogP contribution in [0, 0.1) is 22.9 Å². The number of hydrogen-bond donors (Lipinski definition) is 2. The average molecular weight is 405 g/mol. The van der Waals surface area contributed by atoms with E-state index in [9.17, 15) is 24.1 Å². The maximum atomic E-state index is 13.7. The quantitative estimate of drug-likeness (QED) is 0.517. The lowest BCUT2D eigenvalue weighted by Gasteiger charge is -2.18. The molecule has 0 aromatic heterocycles. The van der Waals surface area contributed by atoms with Crippen LogP contribution >= 0.6 is 11.8 Å². The van der Waals surface area contributed by atoms with Gasteiger partial charge in [-0.15, -0.1) is 0 Å². The van der Waals surface area contributed by atoms with E-state index in [1.807, 2.05) is 6.26 Å². The van der Waals surface area contributed by atoms with Crippen LogP contribution in [0.2, 0.25) is 0 Å². The zero-order valence-corrected chi connectivity index (χ0v) is 16.2. The smallest absolute Gasteiger partial charge is 0.270 e. The summed E-state index contributed by atoms with van der Waals surface area (Å²) in [6.45, 7) is 1.61. The molecule has 2 N–H and O–H groups in total. The molecule has 0 heterocycles. The number of halogens is 1. The summed E-state index contributed by atoms with van der Waals surface area (Å²) in [6.07, 6.45) is 2.22. The topological polar surface area (TPSA) is 101 Å². The number of benzene rings is 2. The summed E-state index contributed by atoms with van der Waals surface area (Å²) in [7, 11) is 0. The van der Waals surface area contributed by atoms with E-state index in [1.165, 1.54) is 36.0 Å². The molecule has 0 aliphatic heterocycles. The third-order valence-electron chi connectivity index (χ3n) is 3.99. The number of carbonyl (C=O) groups excluding carboxylic acids is 2. The van der Waals surface area contributed by atoms with Gasteiger partial charge in [0.1, 0.15) is 11.9 Å². The number of hydrogen-bond acceptors (Lipinski definition) is 5. The second-order valence-electron chi connectivity index (χ2n) is 6.07. The van der Waals surface area contributed by atoms with Gasteiger partial charge in [-0.3, -0.25) is 19.7 Å². The molecule has 0 unspecified atom stereocenters. The van der Waals surface area contributed by atoms with Gasteiger partial charge >= 0.3 is 0 Å². The van der Waals surface area contributed by atoms with E-state index in [0.717, 1.165) is 6.07 Å². The highest BCUT2D eigenvalue weighted by molar-refractivity contribution is 7.98. The molecule has 2 rings (SSSR count). The van der Waals surface area contributed by atoms with Gasteiger partial charge in [0.25, 0.3) is 11.6 Å². The Kier molecular flexibility index (Phi) is 7.51. The summed E-state index contributed by atoms with van der Waals surface area (Å²) in [5, 5.41) is 16.1. The third-order valence-corrected chi connectivity index (χ3v) is 4.63. The minimum absolute atomic E-state index is 0.0810. The van der Waals surface area contributed by atoms with Gasteiger partial charge in [0.15, 0.2) is 0 Å². The summed E-state index contributed by atoms with van der Waals surface area (Å²) in [6, 6.07) is 8.72. The molecular formula is C19H20FN3O4S. The van der Waals surface area contributed by atoms with Crippen LogP contribution in [0.4, 0.5) is 15.8 Å². The number of nitro groups is 1. The average Bonchev–Trinajstić information content (AvgIpc) is 2.67. The lowest BCUT2D eigenvalue weighted by Crippen LogP contribution is -2.44. The lowest BCUT2D eigenvalue weighted by molar-refractivity contribution is -0.384. The van der Waals surface area contributed by atoms with Crippen molar-refractivity contribution in [2.75, 3.05) is 17.3 Å². The van der Waals surface area contributed by atoms with Crippen molar-refractivity contribution < 1.29 is 18.9 Å². The first-order valence-corrected chi connectivity index (χ1v) is 9.82. The van der Waals surface area contributed by atoms with E-state index < -0.39 is 28.6 Å². The maximum Gasteiger partial charge on any atom is 0.270 e. The molecule has 0 aliphatic rings. The molecule has 0 fully saturated rings. The van der Waals surface area contributed by atoms with Crippen molar-refractivity contribution in [1.82, 2.24) is 5.32 Å². The van der Waals surface area contributed by atoms with Crippen molar-refractivity contribution in [3.05, 3.63) is 69.5 Å². The van der Waals surface area contributed by atoms with E-state index in [-0.39, 0.29) is 16.9 Å². The van der Waals surface area contributed by atoms with Crippen LogP contribution in [0.25, 0.3) is 0 Å². The molecule has 2 amide bonds. The molecule has 0 spiro atoms. The van der Waals surface area contributed by atoms with Crippen LogP contribution in [0.15, 0.2) is 42.5 Å². The number of anilines is 1. The fourth-order valence-electron chi connectivity index (χ4n) is 2.41. The van der Waals surface area contributed by atoms with E-state index in [2.05, 4.69) is 10.6 Å². The first-order valence-electron chi connectivity index (χ1n) is 8.43. The SMILES string of the molecule is CSCC[C@@H](NC(=O)c1cccc([N+](=O)[O-])c1)C(=O)Nc1ccc(C)c(F)c1. The molecule has 2 aromatic rings. The zero-order chi connectivity index (χ0) is 20.7. The summed E-state index contributed by atoms with van der Waals surface area (Å²) < 4.78 is 13.7. The molecule has 0 saturated heterocycles. The van der Waals surface area contributed by atoms with Crippen molar-refractivity contribution in [3.8, 4) is 0 Å². The number of aryl methyl sites for hydroxylation is 1. The van der Waals surface area contributed by atoms with Gasteiger partial charge in [-0.2, -0.15) is 11.8 Å². The Labute approximate surface area is 165 Å². The molecule has 148 valence electrons. The molecule has 28 heavy (non-hydrogen) atoms. The standard InChI is InChI=1S/C19H20FN3O4S/c1-12-6-7-14(11-16(12)20)21-19(25)17(8-9-28-2)22-18(24)13-4-3-5-15(10-13)23(26)27/h3-7,10-11,17H,8-9H2,1-2H3,(H,21,25)(H,22,24)/t17-/m1/s1. The lowest BCUT2D eigenvalue weighted by atomic mass is 10.1. The first-order chi connectivity index (χ1) is 13.3. The van der Waals surface area contributed by atoms with Crippen LogP contribution in [0.1, 0.15) is 22.3 Å². The predicted molar refractivity (Wildman–Crippen MR) is 107 cm³/mol. The zero-order valence-electron chi connectivity index (χ0n) is 15.4. The number of nitro benzene ring substituents is 1. The Morgan fingerprint density at radius 1 is 1.25 bits per heavy atom. The number of nitrogens with zero attached hydrogens (tertiary/aromatic N) is 1. The van der Waals surface area contributed by atoms with Crippen LogP contribution in [0.5, 0.6) is 0 Å². The van der Waals surface area contributed by atoms with Crippen molar-refractivity contribution in [1.29, 1.82) is 0 Å². The highest BCUT2D eigenvalue weighted by Gasteiger charge is 2.22. The molecule has 1 atom stereocenters. The van der Waals surface area contributed by atoms with E-state index in [1.54, 1.807) is 19.1 Å². The van der Waals surface area contributed by atoms with E-state index in [0.29, 0.717) is 17.7 Å². The second kappa shape index (κ2) is 9.84.